The number of hydrogen-bond donors (Lipinski definition) is 0. The summed E-state index contributed by atoms with van der Waals surface area (Å²) in [5, 5.41) is 0. The minimum atomic E-state index is -0.275. The van der Waals surface area contributed by atoms with Crippen molar-refractivity contribution in [3.8, 4) is 5.75 Å². The molecular weight excluding hydrogens is 194 g/mol. The summed E-state index contributed by atoms with van der Waals surface area (Å²) in [4.78, 5) is 12.9. The zero-order valence-electron chi connectivity index (χ0n) is 9.19. The Bertz CT molecular complexity index is 338. The molecule has 0 bridgehead atoms. The minimum Gasteiger partial charge on any atom is -0.495 e. The van der Waals surface area contributed by atoms with Crippen LogP contribution < -0.4 is 9.64 Å². The van der Waals surface area contributed by atoms with E-state index in [0.29, 0.717) is 0 Å². The predicted molar refractivity (Wildman–Crippen MR) is 58.3 cm³/mol. The molecule has 0 aliphatic heterocycles. The zero-order valence-corrected chi connectivity index (χ0v) is 9.19. The molecule has 4 nitrogen and oxygen atoms in total. The lowest BCUT2D eigenvalue weighted by Gasteiger charge is -2.20. The molecule has 0 radical (unpaired) electrons. The largest absolute Gasteiger partial charge is 0.495 e. The van der Waals surface area contributed by atoms with Crippen LogP contribution in [-0.4, -0.2) is 33.8 Å². The highest BCUT2D eigenvalue weighted by Gasteiger charge is 2.10. The van der Waals surface area contributed by atoms with Crippen molar-refractivity contribution >= 4 is 11.7 Å². The van der Waals surface area contributed by atoms with Gasteiger partial charge in [0.05, 0.1) is 19.9 Å². The maximum atomic E-state index is 11.1. The maximum Gasteiger partial charge on any atom is 0.325 e. The highest BCUT2D eigenvalue weighted by Crippen LogP contribution is 2.26. The Morgan fingerprint density at radius 2 is 2.00 bits per heavy atom. The van der Waals surface area contributed by atoms with Gasteiger partial charge >= 0.3 is 5.97 Å². The fraction of sp³-hybridized carbons (Fsp3) is 0.364. The Kier molecular flexibility index (Phi) is 3.97. The molecule has 0 atom stereocenters. The first kappa shape index (κ1) is 11.4. The van der Waals surface area contributed by atoms with Crippen LogP contribution in [0.4, 0.5) is 5.69 Å². The van der Waals surface area contributed by atoms with E-state index in [2.05, 4.69) is 4.74 Å². The molecule has 0 spiro atoms. The van der Waals surface area contributed by atoms with Crippen molar-refractivity contribution in [1.82, 2.24) is 0 Å². The SMILES string of the molecule is COC(=O)CN(C)c1ccccc1OC. The van der Waals surface area contributed by atoms with Crippen molar-refractivity contribution in [3.05, 3.63) is 24.3 Å². The standard InChI is InChI=1S/C11H15NO3/c1-12(8-11(13)15-3)9-6-4-5-7-10(9)14-2/h4-7H,8H2,1-3H3. The Balaban J connectivity index is 2.80. The normalized spacial score (nSPS) is 9.53. The van der Waals surface area contributed by atoms with E-state index in [1.54, 1.807) is 12.0 Å². The van der Waals surface area contributed by atoms with Crippen molar-refractivity contribution in [2.75, 3.05) is 32.7 Å². The van der Waals surface area contributed by atoms with Crippen molar-refractivity contribution in [1.29, 1.82) is 0 Å². The van der Waals surface area contributed by atoms with Crippen LogP contribution in [0.3, 0.4) is 0 Å². The summed E-state index contributed by atoms with van der Waals surface area (Å²) >= 11 is 0. The third-order valence-corrected chi connectivity index (χ3v) is 2.09. The summed E-state index contributed by atoms with van der Waals surface area (Å²) in [6.45, 7) is 0.205. The molecule has 0 aromatic heterocycles. The van der Waals surface area contributed by atoms with Gasteiger partial charge in [0.15, 0.2) is 0 Å². The van der Waals surface area contributed by atoms with Gasteiger partial charge in [-0.25, -0.2) is 0 Å². The number of benzene rings is 1. The number of rotatable bonds is 4. The van der Waals surface area contributed by atoms with Gasteiger partial charge in [-0.3, -0.25) is 4.79 Å². The van der Waals surface area contributed by atoms with E-state index < -0.39 is 0 Å². The molecule has 0 saturated heterocycles. The summed E-state index contributed by atoms with van der Waals surface area (Å²) in [7, 11) is 4.79. The van der Waals surface area contributed by atoms with Crippen LogP contribution in [0.1, 0.15) is 0 Å². The van der Waals surface area contributed by atoms with Crippen molar-refractivity contribution in [3.63, 3.8) is 0 Å². The van der Waals surface area contributed by atoms with Crippen LogP contribution in [0.2, 0.25) is 0 Å². The molecule has 0 fully saturated rings. The van der Waals surface area contributed by atoms with Crippen molar-refractivity contribution in [2.24, 2.45) is 0 Å². The van der Waals surface area contributed by atoms with Gasteiger partial charge < -0.3 is 14.4 Å². The third-order valence-electron chi connectivity index (χ3n) is 2.09. The first-order chi connectivity index (χ1) is 7.19. The number of hydrogen-bond acceptors (Lipinski definition) is 4. The first-order valence-corrected chi connectivity index (χ1v) is 4.60. The molecule has 0 heterocycles. The average molecular weight is 209 g/mol. The maximum absolute atomic E-state index is 11.1. The molecule has 1 aromatic rings. The number of carbonyl (C=O) groups excluding carboxylic acids is 1. The van der Waals surface area contributed by atoms with Gasteiger partial charge in [-0.1, -0.05) is 12.1 Å². The lowest BCUT2D eigenvalue weighted by Crippen LogP contribution is -2.26. The first-order valence-electron chi connectivity index (χ1n) is 4.60. The number of methoxy groups -OCH3 is 2. The van der Waals surface area contributed by atoms with Crippen LogP contribution in [0.25, 0.3) is 0 Å². The summed E-state index contributed by atoms with van der Waals surface area (Å²) in [5.74, 6) is 0.465. The Morgan fingerprint density at radius 1 is 1.33 bits per heavy atom. The molecule has 0 unspecified atom stereocenters. The Labute approximate surface area is 89.4 Å². The second-order valence-electron chi connectivity index (χ2n) is 3.10. The molecule has 4 heteroatoms. The summed E-state index contributed by atoms with van der Waals surface area (Å²) in [5.41, 5.74) is 0.866. The molecule has 0 aliphatic carbocycles. The molecule has 82 valence electrons. The monoisotopic (exact) mass is 209 g/mol. The van der Waals surface area contributed by atoms with Gasteiger partial charge in [-0.15, -0.1) is 0 Å². The number of nitrogens with zero attached hydrogens (tertiary/aromatic N) is 1. The van der Waals surface area contributed by atoms with Crippen molar-refractivity contribution < 1.29 is 14.3 Å². The lowest BCUT2D eigenvalue weighted by atomic mass is 10.2. The minimum absolute atomic E-state index is 0.205. The number of likely N-dealkylation sites (N-methyl/N-ethyl adjacent to an activating group) is 1. The van der Waals surface area contributed by atoms with E-state index in [1.807, 2.05) is 31.3 Å². The highest BCUT2D eigenvalue weighted by atomic mass is 16.5. The van der Waals surface area contributed by atoms with Crippen LogP contribution in [0.15, 0.2) is 24.3 Å². The van der Waals surface area contributed by atoms with Crippen LogP contribution in [0, 0.1) is 0 Å². The molecule has 0 N–H and O–H groups in total. The second kappa shape index (κ2) is 5.24. The van der Waals surface area contributed by atoms with Gasteiger partial charge in [0.2, 0.25) is 0 Å². The van der Waals surface area contributed by atoms with Crippen LogP contribution in [-0.2, 0) is 9.53 Å². The molecule has 15 heavy (non-hydrogen) atoms. The van der Waals surface area contributed by atoms with E-state index in [-0.39, 0.29) is 12.5 Å². The smallest absolute Gasteiger partial charge is 0.325 e. The van der Waals surface area contributed by atoms with E-state index in [0.717, 1.165) is 11.4 Å². The fourth-order valence-electron chi connectivity index (χ4n) is 1.29. The Morgan fingerprint density at radius 3 is 2.60 bits per heavy atom. The number of esters is 1. The Hall–Kier alpha value is -1.71. The van der Waals surface area contributed by atoms with Gasteiger partial charge in [0.1, 0.15) is 12.3 Å². The molecular formula is C11H15NO3. The van der Waals surface area contributed by atoms with Crippen LogP contribution in [0.5, 0.6) is 5.75 Å². The van der Waals surface area contributed by atoms with E-state index in [9.17, 15) is 4.79 Å². The molecule has 0 aliphatic rings. The summed E-state index contributed by atoms with van der Waals surface area (Å²) in [6, 6.07) is 7.52. The third kappa shape index (κ3) is 2.87. The number of ether oxygens (including phenoxy) is 2. The van der Waals surface area contributed by atoms with Gasteiger partial charge in [0, 0.05) is 7.05 Å². The second-order valence-corrected chi connectivity index (χ2v) is 3.10. The van der Waals surface area contributed by atoms with E-state index in [1.165, 1.54) is 7.11 Å². The van der Waals surface area contributed by atoms with E-state index in [4.69, 9.17) is 4.74 Å². The zero-order chi connectivity index (χ0) is 11.3. The number of anilines is 1. The highest BCUT2D eigenvalue weighted by molar-refractivity contribution is 5.76. The summed E-state index contributed by atoms with van der Waals surface area (Å²) in [6.07, 6.45) is 0. The van der Waals surface area contributed by atoms with E-state index >= 15 is 0 Å². The van der Waals surface area contributed by atoms with Gasteiger partial charge in [0.25, 0.3) is 0 Å². The fourth-order valence-corrected chi connectivity index (χ4v) is 1.29. The van der Waals surface area contributed by atoms with Crippen LogP contribution >= 0.6 is 0 Å². The summed E-state index contributed by atoms with van der Waals surface area (Å²) < 4.78 is 9.78. The molecule has 0 amide bonds. The predicted octanol–water partition coefficient (Wildman–Crippen LogP) is 1.30. The number of carbonyl (C=O) groups is 1. The topological polar surface area (TPSA) is 38.8 Å². The van der Waals surface area contributed by atoms with Crippen molar-refractivity contribution in [2.45, 2.75) is 0 Å². The lowest BCUT2D eigenvalue weighted by molar-refractivity contribution is -0.138. The average Bonchev–Trinajstić information content (AvgIpc) is 2.28. The molecule has 1 aromatic carbocycles. The quantitative estimate of drug-likeness (QED) is 0.701. The van der Waals surface area contributed by atoms with Gasteiger partial charge in [-0.2, -0.15) is 0 Å². The molecule has 1 rings (SSSR count). The van der Waals surface area contributed by atoms with Gasteiger partial charge in [-0.05, 0) is 12.1 Å². The number of para-hydroxylation sites is 2. The molecule has 0 saturated carbocycles.